The summed E-state index contributed by atoms with van der Waals surface area (Å²) in [6.45, 7) is 0. The van der Waals surface area contributed by atoms with Crippen LogP contribution in [0.4, 0.5) is 0 Å². The molecule has 0 aromatic rings. The smallest absolute Gasteiger partial charge is 0.464 e. The van der Waals surface area contributed by atoms with Crippen molar-refractivity contribution in [1.82, 2.24) is 5.06 Å². The summed E-state index contributed by atoms with van der Waals surface area (Å²) >= 11 is 0. The summed E-state index contributed by atoms with van der Waals surface area (Å²) in [6.07, 6.45) is 0. The van der Waals surface area contributed by atoms with Gasteiger partial charge in [-0.15, -0.1) is 9.35 Å². The van der Waals surface area contributed by atoms with Crippen molar-refractivity contribution in [2.24, 2.45) is 10.9 Å². The Hall–Kier alpha value is -1.55. The molecule has 0 fully saturated rings. The van der Waals surface area contributed by atoms with E-state index >= 15 is 0 Å². The number of methoxy groups -OCH3 is 1. The Labute approximate surface area is 73.4 Å². The van der Waals surface area contributed by atoms with Crippen molar-refractivity contribution in [3.63, 3.8) is 0 Å². The van der Waals surface area contributed by atoms with E-state index in [4.69, 9.17) is 11.1 Å². The summed E-state index contributed by atoms with van der Waals surface area (Å²) < 4.78 is 33.7. The van der Waals surface area contributed by atoms with Gasteiger partial charge in [0, 0.05) is 0 Å². The third-order valence-electron chi connectivity index (χ3n) is 0.948. The number of amidine groups is 1. The van der Waals surface area contributed by atoms with Crippen LogP contribution in [0.2, 0.25) is 0 Å². The molecule has 0 atom stereocenters. The van der Waals surface area contributed by atoms with E-state index in [2.05, 4.69) is 18.5 Å². The average Bonchev–Trinajstić information content (AvgIpc) is 2.03. The lowest BCUT2D eigenvalue weighted by atomic mass is 10.9. The van der Waals surface area contributed by atoms with Gasteiger partial charge in [-0.2, -0.15) is 8.42 Å². The highest BCUT2D eigenvalue weighted by Gasteiger charge is 2.32. The molecule has 1 aliphatic rings. The second-order valence-corrected chi connectivity index (χ2v) is 2.93. The van der Waals surface area contributed by atoms with Gasteiger partial charge in [0.05, 0.1) is 7.11 Å². The number of guanidine groups is 1. The number of nitrogens with two attached hydrogens (primary N) is 1. The van der Waals surface area contributed by atoms with Gasteiger partial charge in [0.15, 0.2) is 0 Å². The minimum Gasteiger partial charge on any atom is -0.464 e. The Bertz CT molecular complexity index is 347. The van der Waals surface area contributed by atoms with Gasteiger partial charge in [-0.05, 0) is 5.16 Å². The molecule has 1 rings (SSSR count). The first-order valence-electron chi connectivity index (χ1n) is 2.85. The maximum atomic E-state index is 10.6. The van der Waals surface area contributed by atoms with Crippen LogP contribution in [0.25, 0.3) is 0 Å². The van der Waals surface area contributed by atoms with E-state index in [1.807, 2.05) is 0 Å². The van der Waals surface area contributed by atoms with Gasteiger partial charge in [-0.3, -0.25) is 5.41 Å². The first-order valence-corrected chi connectivity index (χ1v) is 4.19. The highest BCUT2D eigenvalue weighted by molar-refractivity contribution is 7.81. The van der Waals surface area contributed by atoms with E-state index in [9.17, 15) is 8.42 Å². The van der Waals surface area contributed by atoms with Gasteiger partial charge < -0.3 is 10.5 Å². The topological polar surface area (TPSA) is 127 Å². The molecule has 0 bridgehead atoms. The van der Waals surface area contributed by atoms with Crippen molar-refractivity contribution in [3.05, 3.63) is 0 Å². The highest BCUT2D eigenvalue weighted by atomic mass is 32.3. The summed E-state index contributed by atoms with van der Waals surface area (Å²) in [7, 11) is -3.10. The van der Waals surface area contributed by atoms with Crippen LogP contribution in [0.5, 0.6) is 0 Å². The van der Waals surface area contributed by atoms with Gasteiger partial charge in [0.2, 0.25) is 5.96 Å². The number of hydrogen-bond acceptors (Lipinski definition) is 7. The normalized spacial score (nSPS) is 20.1. The molecule has 0 spiro atoms. The molecular weight excluding hydrogens is 204 g/mol. The Morgan fingerprint density at radius 3 is 2.85 bits per heavy atom. The van der Waals surface area contributed by atoms with Crippen molar-refractivity contribution >= 4 is 22.4 Å². The predicted octanol–water partition coefficient (Wildman–Crippen LogP) is -1.69. The van der Waals surface area contributed by atoms with Crippen LogP contribution in [-0.4, -0.2) is 32.6 Å². The summed E-state index contributed by atoms with van der Waals surface area (Å²) in [6, 6.07) is -0.387. The van der Waals surface area contributed by atoms with Crippen LogP contribution in [0.1, 0.15) is 0 Å². The minimum absolute atomic E-state index is 0.360. The molecule has 0 aromatic heterocycles. The summed E-state index contributed by atoms with van der Waals surface area (Å²) in [5, 5.41) is 10.2. The molecule has 9 nitrogen and oxygen atoms in total. The Kier molecular flexibility index (Phi) is 2.25. The van der Waals surface area contributed by atoms with Gasteiger partial charge in [-0.25, -0.2) is 4.28 Å². The third-order valence-corrected chi connectivity index (χ3v) is 1.54. The van der Waals surface area contributed by atoms with Gasteiger partial charge >= 0.3 is 16.4 Å². The van der Waals surface area contributed by atoms with Gasteiger partial charge in [-0.1, -0.05) is 0 Å². The largest absolute Gasteiger partial charge is 0.492 e. The lowest BCUT2D eigenvalue weighted by molar-refractivity contribution is 0.0207. The molecule has 10 heteroatoms. The van der Waals surface area contributed by atoms with E-state index in [1.165, 1.54) is 7.11 Å². The zero-order valence-electron chi connectivity index (χ0n) is 6.42. The van der Waals surface area contributed by atoms with Crippen LogP contribution in [0.15, 0.2) is 5.16 Å². The van der Waals surface area contributed by atoms with Crippen molar-refractivity contribution in [1.29, 1.82) is 5.41 Å². The summed E-state index contributed by atoms with van der Waals surface area (Å²) in [4.78, 5) is 0. The van der Waals surface area contributed by atoms with Crippen LogP contribution < -0.4 is 5.73 Å². The van der Waals surface area contributed by atoms with E-state index in [0.717, 1.165) is 0 Å². The first kappa shape index (κ1) is 9.54. The van der Waals surface area contributed by atoms with Crippen molar-refractivity contribution < 1.29 is 21.7 Å². The highest BCUT2D eigenvalue weighted by Crippen LogP contribution is 2.09. The SMILES string of the molecule is COC1=NOS(=O)(=O)ON1C(=N)N. The van der Waals surface area contributed by atoms with Crippen molar-refractivity contribution in [3.8, 4) is 0 Å². The quantitative estimate of drug-likeness (QED) is 0.360. The fourth-order valence-electron chi connectivity index (χ4n) is 0.515. The third kappa shape index (κ3) is 1.97. The summed E-state index contributed by atoms with van der Waals surface area (Å²) in [5.74, 6) is -0.701. The monoisotopic (exact) mass is 210 g/mol. The van der Waals surface area contributed by atoms with Crippen LogP contribution in [0.3, 0.4) is 0 Å². The fourth-order valence-corrected chi connectivity index (χ4v) is 1.02. The van der Waals surface area contributed by atoms with E-state index < -0.39 is 16.4 Å². The van der Waals surface area contributed by atoms with Crippen molar-refractivity contribution in [2.45, 2.75) is 0 Å². The fraction of sp³-hybridized carbons (Fsp3) is 0.333. The number of hydroxylamine groups is 2. The molecular formula is C3H6N4O5S. The molecule has 0 unspecified atom stereocenters. The lowest BCUT2D eigenvalue weighted by Gasteiger charge is -2.21. The minimum atomic E-state index is -4.28. The zero-order chi connectivity index (χ0) is 10.1. The second kappa shape index (κ2) is 3.06. The van der Waals surface area contributed by atoms with E-state index in [-0.39, 0.29) is 6.02 Å². The molecule has 1 heterocycles. The Morgan fingerprint density at radius 2 is 2.38 bits per heavy atom. The molecule has 1 aliphatic heterocycles. The van der Waals surface area contributed by atoms with Gasteiger partial charge in [0.1, 0.15) is 0 Å². The van der Waals surface area contributed by atoms with Crippen LogP contribution in [0, 0.1) is 5.41 Å². The maximum Gasteiger partial charge on any atom is 0.492 e. The number of nitrogens with zero attached hydrogens (tertiary/aromatic N) is 2. The molecule has 0 aromatic carbocycles. The molecule has 3 N–H and O–H groups in total. The standard InChI is InChI=1S/C3H6N4O5S/c1-10-3-6-11-13(8,9)12-7(3)2(4)5/h1H3,(H3,4,5). The second-order valence-electron chi connectivity index (χ2n) is 1.81. The lowest BCUT2D eigenvalue weighted by Crippen LogP contribution is -2.46. The predicted molar refractivity (Wildman–Crippen MR) is 39.3 cm³/mol. The molecule has 74 valence electrons. The number of rotatable bonds is 0. The molecule has 0 amide bonds. The summed E-state index contributed by atoms with van der Waals surface area (Å²) in [5.41, 5.74) is 4.96. The number of hydrogen-bond donors (Lipinski definition) is 2. The molecule has 0 radical (unpaired) electrons. The Balaban J connectivity index is 2.99. The number of oxime groups is 1. The van der Waals surface area contributed by atoms with E-state index in [0.29, 0.717) is 5.06 Å². The molecule has 0 saturated carbocycles. The van der Waals surface area contributed by atoms with Crippen molar-refractivity contribution in [2.75, 3.05) is 7.11 Å². The maximum absolute atomic E-state index is 10.6. The van der Waals surface area contributed by atoms with Crippen LogP contribution in [-0.2, 0) is 23.7 Å². The van der Waals surface area contributed by atoms with Crippen LogP contribution >= 0.6 is 0 Å². The van der Waals surface area contributed by atoms with Gasteiger partial charge in [0.25, 0.3) is 0 Å². The zero-order valence-corrected chi connectivity index (χ0v) is 7.24. The number of nitrogens with one attached hydrogen (secondary N) is 1. The first-order chi connectivity index (χ1) is 5.96. The number of ether oxygens (including phenoxy) is 1. The van der Waals surface area contributed by atoms with E-state index in [1.54, 1.807) is 0 Å². The Morgan fingerprint density at radius 1 is 1.77 bits per heavy atom. The molecule has 0 saturated heterocycles. The average molecular weight is 210 g/mol. The molecule has 0 aliphatic carbocycles. The molecule has 13 heavy (non-hydrogen) atoms.